The summed E-state index contributed by atoms with van der Waals surface area (Å²) in [6.07, 6.45) is 1.04. The number of hydrogen-bond donors (Lipinski definition) is 2. The van der Waals surface area contributed by atoms with E-state index < -0.39 is 23.0 Å². The summed E-state index contributed by atoms with van der Waals surface area (Å²) < 4.78 is 0. The minimum absolute atomic E-state index is 0.307. The molecule has 2 aromatic rings. The number of amides is 4. The van der Waals surface area contributed by atoms with Gasteiger partial charge in [-0.05, 0) is 31.4 Å². The largest absolute Gasteiger partial charge is 0.350 e. The molecule has 1 aliphatic rings. The van der Waals surface area contributed by atoms with Crippen LogP contribution < -0.4 is 10.6 Å². The third kappa shape index (κ3) is 4.31. The number of carbonyl (C=O) groups excluding carboxylic acids is 3. The van der Waals surface area contributed by atoms with Crippen molar-refractivity contribution in [3.8, 4) is 0 Å². The van der Waals surface area contributed by atoms with Crippen molar-refractivity contribution >= 4 is 17.8 Å². The van der Waals surface area contributed by atoms with Gasteiger partial charge in [0.25, 0.3) is 5.91 Å². The van der Waals surface area contributed by atoms with Crippen LogP contribution in [-0.2, 0) is 21.5 Å². The molecule has 1 fully saturated rings. The van der Waals surface area contributed by atoms with Crippen LogP contribution in [0.2, 0.25) is 0 Å². The third-order valence-corrected chi connectivity index (χ3v) is 5.42. The van der Waals surface area contributed by atoms with Crippen molar-refractivity contribution in [1.82, 2.24) is 15.5 Å². The first-order valence-corrected chi connectivity index (χ1v) is 9.82. The maximum atomic E-state index is 13.5. The van der Waals surface area contributed by atoms with Crippen molar-refractivity contribution in [3.63, 3.8) is 0 Å². The molecule has 1 saturated heterocycles. The van der Waals surface area contributed by atoms with Gasteiger partial charge in [-0.3, -0.25) is 14.5 Å². The van der Waals surface area contributed by atoms with Crippen LogP contribution >= 0.6 is 0 Å². The summed E-state index contributed by atoms with van der Waals surface area (Å²) >= 11 is 0. The maximum absolute atomic E-state index is 13.5. The van der Waals surface area contributed by atoms with Crippen LogP contribution in [0.4, 0.5) is 4.79 Å². The number of nitrogens with one attached hydrogen (secondary N) is 2. The van der Waals surface area contributed by atoms with Gasteiger partial charge in [-0.15, -0.1) is 0 Å². The highest BCUT2D eigenvalue weighted by Crippen LogP contribution is 2.33. The van der Waals surface area contributed by atoms with Crippen molar-refractivity contribution in [3.05, 3.63) is 71.8 Å². The second-order valence-electron chi connectivity index (χ2n) is 8.04. The van der Waals surface area contributed by atoms with E-state index in [-0.39, 0.29) is 12.5 Å². The Kier molecular flexibility index (Phi) is 5.73. The lowest BCUT2D eigenvalue weighted by molar-refractivity contribution is -0.135. The number of urea groups is 1. The molecule has 4 amide bonds. The van der Waals surface area contributed by atoms with E-state index in [2.05, 4.69) is 10.6 Å². The van der Waals surface area contributed by atoms with Crippen molar-refractivity contribution in [1.29, 1.82) is 0 Å². The summed E-state index contributed by atoms with van der Waals surface area (Å²) in [5, 5.41) is 5.75. The highest BCUT2D eigenvalue weighted by atomic mass is 16.2. The minimum atomic E-state index is -1.24. The number of nitrogens with zero attached hydrogens (tertiary/aromatic N) is 1. The molecule has 0 radical (unpaired) electrons. The zero-order chi connectivity index (χ0) is 21.1. The van der Waals surface area contributed by atoms with Gasteiger partial charge in [0, 0.05) is 12.0 Å². The van der Waals surface area contributed by atoms with Gasteiger partial charge in [0.05, 0.1) is 0 Å². The van der Waals surface area contributed by atoms with Crippen LogP contribution in [0, 0.1) is 0 Å². The van der Waals surface area contributed by atoms with Crippen LogP contribution in [0.1, 0.15) is 38.3 Å². The molecule has 2 N–H and O–H groups in total. The Morgan fingerprint density at radius 2 is 1.62 bits per heavy atom. The summed E-state index contributed by atoms with van der Waals surface area (Å²) in [6.45, 7) is 5.46. The van der Waals surface area contributed by atoms with E-state index >= 15 is 0 Å². The van der Waals surface area contributed by atoms with Crippen molar-refractivity contribution in [2.24, 2.45) is 0 Å². The fourth-order valence-electron chi connectivity index (χ4n) is 3.46. The quantitative estimate of drug-likeness (QED) is 0.710. The molecule has 0 spiro atoms. The Morgan fingerprint density at radius 3 is 2.21 bits per heavy atom. The first kappa shape index (κ1) is 20.6. The molecule has 0 saturated carbocycles. The summed E-state index contributed by atoms with van der Waals surface area (Å²) in [5.41, 5.74) is -0.0284. The first-order chi connectivity index (χ1) is 13.8. The van der Waals surface area contributed by atoms with Crippen LogP contribution in [0.25, 0.3) is 0 Å². The topological polar surface area (TPSA) is 78.5 Å². The number of imide groups is 1. The van der Waals surface area contributed by atoms with Gasteiger partial charge >= 0.3 is 6.03 Å². The van der Waals surface area contributed by atoms with Gasteiger partial charge in [0.2, 0.25) is 5.91 Å². The van der Waals surface area contributed by atoms with Crippen LogP contribution in [0.15, 0.2) is 60.7 Å². The number of benzene rings is 2. The molecular formula is C23H27N3O3. The minimum Gasteiger partial charge on any atom is -0.350 e. The fraction of sp³-hybridized carbons (Fsp3) is 0.348. The molecule has 0 bridgehead atoms. The third-order valence-electron chi connectivity index (χ3n) is 5.42. The lowest BCUT2D eigenvalue weighted by atomic mass is 9.83. The number of rotatable bonds is 7. The standard InChI is InChI=1S/C23H27N3O3/c1-4-22(2,3)24-19(27)16-26-20(28)23(25-21(26)29,18-13-9-6-10-14-18)15-17-11-7-5-8-12-17/h5-14H,4,15-16H2,1-3H3,(H,24,27)(H,25,29)/t23-/m0/s1. The summed E-state index contributed by atoms with van der Waals surface area (Å²) in [6, 6.07) is 18.2. The van der Waals surface area contributed by atoms with E-state index in [9.17, 15) is 14.4 Å². The summed E-state index contributed by atoms with van der Waals surface area (Å²) in [4.78, 5) is 39.7. The van der Waals surface area contributed by atoms with Gasteiger partial charge in [-0.25, -0.2) is 4.79 Å². The Balaban J connectivity index is 1.91. The Hall–Kier alpha value is -3.15. The molecule has 6 heteroatoms. The number of carbonyl (C=O) groups is 3. The highest BCUT2D eigenvalue weighted by Gasteiger charge is 2.52. The Morgan fingerprint density at radius 1 is 1.03 bits per heavy atom. The molecule has 3 rings (SSSR count). The zero-order valence-electron chi connectivity index (χ0n) is 17.1. The predicted molar refractivity (Wildman–Crippen MR) is 111 cm³/mol. The molecule has 1 aliphatic heterocycles. The first-order valence-electron chi connectivity index (χ1n) is 9.82. The second-order valence-corrected chi connectivity index (χ2v) is 8.04. The second kappa shape index (κ2) is 8.07. The molecule has 0 aromatic heterocycles. The molecule has 1 heterocycles. The highest BCUT2D eigenvalue weighted by molar-refractivity contribution is 6.09. The SMILES string of the molecule is CCC(C)(C)NC(=O)CN1C(=O)N[C@@](Cc2ccccc2)(c2ccccc2)C1=O. The average Bonchev–Trinajstić information content (AvgIpc) is 2.94. The summed E-state index contributed by atoms with van der Waals surface area (Å²) in [7, 11) is 0. The lowest BCUT2D eigenvalue weighted by Gasteiger charge is -2.28. The van der Waals surface area contributed by atoms with Crippen LogP contribution in [-0.4, -0.2) is 34.8 Å². The van der Waals surface area contributed by atoms with Crippen molar-refractivity contribution < 1.29 is 14.4 Å². The van der Waals surface area contributed by atoms with Gasteiger partial charge in [-0.1, -0.05) is 67.6 Å². The molecule has 152 valence electrons. The molecule has 0 aliphatic carbocycles. The molecule has 29 heavy (non-hydrogen) atoms. The Labute approximate surface area is 171 Å². The van der Waals surface area contributed by atoms with E-state index in [0.717, 1.165) is 16.9 Å². The van der Waals surface area contributed by atoms with Crippen LogP contribution in [0.5, 0.6) is 0 Å². The van der Waals surface area contributed by atoms with E-state index in [1.165, 1.54) is 0 Å². The van der Waals surface area contributed by atoms with Gasteiger partial charge < -0.3 is 10.6 Å². The van der Waals surface area contributed by atoms with Gasteiger partial charge in [-0.2, -0.15) is 0 Å². The molecular weight excluding hydrogens is 366 g/mol. The monoisotopic (exact) mass is 393 g/mol. The summed E-state index contributed by atoms with van der Waals surface area (Å²) in [5.74, 6) is -0.772. The number of hydrogen-bond acceptors (Lipinski definition) is 3. The lowest BCUT2D eigenvalue weighted by Crippen LogP contribution is -2.49. The molecule has 2 aromatic carbocycles. The molecule has 1 atom stereocenters. The zero-order valence-corrected chi connectivity index (χ0v) is 17.1. The van der Waals surface area contributed by atoms with Gasteiger partial charge in [0.1, 0.15) is 6.54 Å². The predicted octanol–water partition coefficient (Wildman–Crippen LogP) is 2.98. The van der Waals surface area contributed by atoms with E-state index in [0.29, 0.717) is 12.0 Å². The van der Waals surface area contributed by atoms with E-state index in [1.54, 1.807) is 0 Å². The molecule has 6 nitrogen and oxygen atoms in total. The van der Waals surface area contributed by atoms with Gasteiger partial charge in [0.15, 0.2) is 5.54 Å². The average molecular weight is 393 g/mol. The normalized spacial score (nSPS) is 19.2. The van der Waals surface area contributed by atoms with Crippen molar-refractivity contribution in [2.45, 2.75) is 44.7 Å². The smallest absolute Gasteiger partial charge is 0.325 e. The van der Waals surface area contributed by atoms with E-state index in [1.807, 2.05) is 81.4 Å². The van der Waals surface area contributed by atoms with Crippen LogP contribution in [0.3, 0.4) is 0 Å². The Bertz CT molecular complexity index is 896. The molecule has 0 unspecified atom stereocenters. The maximum Gasteiger partial charge on any atom is 0.325 e. The van der Waals surface area contributed by atoms with E-state index in [4.69, 9.17) is 0 Å². The van der Waals surface area contributed by atoms with Crippen molar-refractivity contribution in [2.75, 3.05) is 6.54 Å². The fourth-order valence-corrected chi connectivity index (χ4v) is 3.46.